The number of nitrogens with zero attached hydrogens (tertiary/aromatic N) is 1. The van der Waals surface area contributed by atoms with Crippen LogP contribution in [0.1, 0.15) is 30.6 Å². The van der Waals surface area contributed by atoms with Gasteiger partial charge in [-0.15, -0.1) is 0 Å². The number of halogens is 1. The maximum Gasteiger partial charge on any atom is 0.223 e. The molecule has 1 saturated heterocycles. The second-order valence-corrected chi connectivity index (χ2v) is 7.02. The van der Waals surface area contributed by atoms with E-state index in [0.717, 1.165) is 61.7 Å². The minimum atomic E-state index is 0.131. The predicted octanol–water partition coefficient (Wildman–Crippen LogP) is 3.89. The first-order valence-electron chi connectivity index (χ1n) is 8.98. The summed E-state index contributed by atoms with van der Waals surface area (Å²) in [5, 5.41) is 3.89. The molecule has 0 saturated carbocycles. The molecule has 2 aromatic rings. The maximum atomic E-state index is 12.3. The molecule has 1 aromatic carbocycles. The number of piperidine rings is 1. The Balaban J connectivity index is 1.35. The van der Waals surface area contributed by atoms with Crippen molar-refractivity contribution in [2.45, 2.75) is 32.2 Å². The van der Waals surface area contributed by atoms with Crippen molar-refractivity contribution >= 4 is 17.5 Å². The molecule has 0 spiro atoms. The van der Waals surface area contributed by atoms with Crippen LogP contribution in [0, 0.1) is 5.92 Å². The van der Waals surface area contributed by atoms with Crippen molar-refractivity contribution in [2.75, 3.05) is 19.6 Å². The summed E-state index contributed by atoms with van der Waals surface area (Å²) < 4.78 is 5.30. The SMILES string of the molecule is O=C(NCCCc1ccco1)C1CCN(Cc2ccccc2Cl)CC1. The standard InChI is InChI=1S/C20H25ClN2O2/c21-19-8-2-1-5-17(19)15-23-12-9-16(10-13-23)20(24)22-11-3-6-18-7-4-14-25-18/h1-2,4-5,7-8,14,16H,3,6,9-13,15H2,(H,22,24). The molecule has 1 aliphatic rings. The van der Waals surface area contributed by atoms with E-state index in [-0.39, 0.29) is 11.8 Å². The molecule has 3 rings (SSSR count). The highest BCUT2D eigenvalue weighted by Crippen LogP contribution is 2.22. The van der Waals surface area contributed by atoms with Crippen LogP contribution in [0.4, 0.5) is 0 Å². The van der Waals surface area contributed by atoms with E-state index < -0.39 is 0 Å². The first kappa shape index (κ1) is 18.0. The van der Waals surface area contributed by atoms with Crippen LogP contribution in [0.5, 0.6) is 0 Å². The topological polar surface area (TPSA) is 45.5 Å². The molecule has 0 unspecified atom stereocenters. The summed E-state index contributed by atoms with van der Waals surface area (Å²) in [5.74, 6) is 1.30. The minimum absolute atomic E-state index is 0.131. The summed E-state index contributed by atoms with van der Waals surface area (Å²) >= 11 is 6.23. The molecule has 134 valence electrons. The highest BCUT2D eigenvalue weighted by molar-refractivity contribution is 6.31. The van der Waals surface area contributed by atoms with Gasteiger partial charge < -0.3 is 9.73 Å². The number of nitrogens with one attached hydrogen (secondary N) is 1. The number of carbonyl (C=O) groups excluding carboxylic acids is 1. The second-order valence-electron chi connectivity index (χ2n) is 6.62. The van der Waals surface area contributed by atoms with Crippen molar-refractivity contribution in [2.24, 2.45) is 5.92 Å². The van der Waals surface area contributed by atoms with Crippen molar-refractivity contribution in [1.29, 1.82) is 0 Å². The molecule has 2 heterocycles. The van der Waals surface area contributed by atoms with Crippen LogP contribution in [0.25, 0.3) is 0 Å². The Bertz CT molecular complexity index is 664. The first-order valence-corrected chi connectivity index (χ1v) is 9.36. The molecule has 1 aliphatic heterocycles. The summed E-state index contributed by atoms with van der Waals surface area (Å²) in [4.78, 5) is 14.7. The number of hydrogen-bond donors (Lipinski definition) is 1. The lowest BCUT2D eigenvalue weighted by atomic mass is 9.95. The van der Waals surface area contributed by atoms with E-state index in [9.17, 15) is 4.79 Å². The summed E-state index contributed by atoms with van der Waals surface area (Å²) in [6.07, 6.45) is 5.28. The fourth-order valence-corrected chi connectivity index (χ4v) is 3.49. The van der Waals surface area contributed by atoms with Gasteiger partial charge in [-0.1, -0.05) is 29.8 Å². The van der Waals surface area contributed by atoms with Gasteiger partial charge in [-0.25, -0.2) is 0 Å². The smallest absolute Gasteiger partial charge is 0.223 e. The number of amides is 1. The van der Waals surface area contributed by atoms with Crippen molar-refractivity contribution < 1.29 is 9.21 Å². The number of rotatable bonds is 7. The lowest BCUT2D eigenvalue weighted by molar-refractivity contribution is -0.126. The third-order valence-electron chi connectivity index (χ3n) is 4.79. The highest BCUT2D eigenvalue weighted by atomic mass is 35.5. The Hall–Kier alpha value is -1.78. The van der Waals surface area contributed by atoms with Gasteiger partial charge in [0.2, 0.25) is 5.91 Å². The fraction of sp³-hybridized carbons (Fsp3) is 0.450. The Morgan fingerprint density at radius 1 is 1.20 bits per heavy atom. The number of benzene rings is 1. The van der Waals surface area contributed by atoms with Gasteiger partial charge in [-0.3, -0.25) is 9.69 Å². The van der Waals surface area contributed by atoms with Crippen LogP contribution >= 0.6 is 11.6 Å². The van der Waals surface area contributed by atoms with Crippen LogP contribution in [0.2, 0.25) is 5.02 Å². The molecule has 0 atom stereocenters. The molecule has 25 heavy (non-hydrogen) atoms. The fourth-order valence-electron chi connectivity index (χ4n) is 3.29. The molecule has 4 nitrogen and oxygen atoms in total. The summed E-state index contributed by atoms with van der Waals surface area (Å²) in [6.45, 7) is 3.45. The largest absolute Gasteiger partial charge is 0.469 e. The van der Waals surface area contributed by atoms with Crippen LogP contribution in [0.15, 0.2) is 47.1 Å². The lowest BCUT2D eigenvalue weighted by Crippen LogP contribution is -2.40. The van der Waals surface area contributed by atoms with E-state index in [4.69, 9.17) is 16.0 Å². The van der Waals surface area contributed by atoms with Crippen molar-refractivity contribution in [1.82, 2.24) is 10.2 Å². The number of furan rings is 1. The summed E-state index contributed by atoms with van der Waals surface area (Å²) in [6, 6.07) is 11.8. The molecule has 1 fully saturated rings. The molecule has 0 aliphatic carbocycles. The highest BCUT2D eigenvalue weighted by Gasteiger charge is 2.24. The molecule has 0 bridgehead atoms. The van der Waals surface area contributed by atoms with E-state index in [1.807, 2.05) is 30.3 Å². The van der Waals surface area contributed by atoms with Crippen LogP contribution in [-0.2, 0) is 17.8 Å². The normalized spacial score (nSPS) is 16.0. The molecule has 5 heteroatoms. The van der Waals surface area contributed by atoms with Crippen molar-refractivity contribution in [3.63, 3.8) is 0 Å². The molecule has 1 amide bonds. The monoisotopic (exact) mass is 360 g/mol. The van der Waals surface area contributed by atoms with E-state index in [0.29, 0.717) is 6.54 Å². The van der Waals surface area contributed by atoms with Gasteiger partial charge in [0.25, 0.3) is 0 Å². The third-order valence-corrected chi connectivity index (χ3v) is 5.16. The second kappa shape index (κ2) is 9.07. The Morgan fingerprint density at radius 3 is 2.72 bits per heavy atom. The van der Waals surface area contributed by atoms with Gasteiger partial charge in [0, 0.05) is 30.5 Å². The van der Waals surface area contributed by atoms with Crippen molar-refractivity contribution in [3.05, 3.63) is 59.0 Å². The predicted molar refractivity (Wildman–Crippen MR) is 99.5 cm³/mol. The zero-order valence-electron chi connectivity index (χ0n) is 14.4. The molecule has 1 aromatic heterocycles. The summed E-state index contributed by atoms with van der Waals surface area (Å²) in [5.41, 5.74) is 1.16. The number of likely N-dealkylation sites (tertiary alicyclic amines) is 1. The average Bonchev–Trinajstić information content (AvgIpc) is 3.15. The van der Waals surface area contributed by atoms with Crippen molar-refractivity contribution in [3.8, 4) is 0 Å². The lowest BCUT2D eigenvalue weighted by Gasteiger charge is -2.31. The average molecular weight is 361 g/mol. The number of carbonyl (C=O) groups is 1. The van der Waals surface area contributed by atoms with Crippen LogP contribution in [0.3, 0.4) is 0 Å². The van der Waals surface area contributed by atoms with E-state index in [1.165, 1.54) is 0 Å². The van der Waals surface area contributed by atoms with Crippen LogP contribution < -0.4 is 5.32 Å². The maximum absolute atomic E-state index is 12.3. The molecule has 1 N–H and O–H groups in total. The quantitative estimate of drug-likeness (QED) is 0.762. The zero-order chi connectivity index (χ0) is 17.5. The van der Waals surface area contributed by atoms with E-state index >= 15 is 0 Å². The van der Waals surface area contributed by atoms with Gasteiger partial charge in [0.05, 0.1) is 6.26 Å². The Kier molecular flexibility index (Phi) is 6.54. The zero-order valence-corrected chi connectivity index (χ0v) is 15.2. The summed E-state index contributed by atoms with van der Waals surface area (Å²) in [7, 11) is 0. The minimum Gasteiger partial charge on any atom is -0.469 e. The van der Waals surface area contributed by atoms with Gasteiger partial charge >= 0.3 is 0 Å². The van der Waals surface area contributed by atoms with Gasteiger partial charge in [-0.2, -0.15) is 0 Å². The van der Waals surface area contributed by atoms with Gasteiger partial charge in [0.1, 0.15) is 5.76 Å². The van der Waals surface area contributed by atoms with E-state index in [1.54, 1.807) is 6.26 Å². The number of hydrogen-bond acceptors (Lipinski definition) is 3. The first-order chi connectivity index (χ1) is 12.2. The molecular formula is C20H25ClN2O2. The van der Waals surface area contributed by atoms with Gasteiger partial charge in [-0.05, 0) is 56.1 Å². The third kappa shape index (κ3) is 5.35. The van der Waals surface area contributed by atoms with Gasteiger partial charge in [0.15, 0.2) is 0 Å². The molecular weight excluding hydrogens is 336 g/mol. The Morgan fingerprint density at radius 2 is 2.00 bits per heavy atom. The van der Waals surface area contributed by atoms with E-state index in [2.05, 4.69) is 16.3 Å². The number of aryl methyl sites for hydroxylation is 1. The van der Waals surface area contributed by atoms with Crippen LogP contribution in [-0.4, -0.2) is 30.4 Å². The Labute approximate surface area is 154 Å². The molecule has 0 radical (unpaired) electrons.